The average Bonchev–Trinajstić information content (AvgIpc) is 3.08. The number of Topliss-reactive ketones (excluding diaryl/α,β-unsaturated/α-hetero) is 1. The van der Waals surface area contributed by atoms with Gasteiger partial charge in [-0.1, -0.05) is 24.3 Å². The zero-order chi connectivity index (χ0) is 15.4. The van der Waals surface area contributed by atoms with Crippen molar-refractivity contribution in [2.24, 2.45) is 0 Å². The van der Waals surface area contributed by atoms with Crippen LogP contribution in [0.4, 0.5) is 0 Å². The first-order valence-corrected chi connectivity index (χ1v) is 6.82. The van der Waals surface area contributed by atoms with Crippen LogP contribution in [0.5, 0.6) is 5.75 Å². The SMILES string of the molecule is Cc1ccccc1C(=O)COc1ccc(-c2nnco2)cc1. The highest BCUT2D eigenvalue weighted by molar-refractivity contribution is 5.98. The summed E-state index contributed by atoms with van der Waals surface area (Å²) >= 11 is 0. The van der Waals surface area contributed by atoms with Gasteiger partial charge < -0.3 is 9.15 Å². The lowest BCUT2D eigenvalue weighted by Crippen LogP contribution is -2.12. The van der Waals surface area contributed by atoms with Crippen LogP contribution in [0, 0.1) is 6.92 Å². The Hall–Kier alpha value is -2.95. The van der Waals surface area contributed by atoms with Gasteiger partial charge in [-0.25, -0.2) is 0 Å². The Morgan fingerprint density at radius 3 is 2.59 bits per heavy atom. The summed E-state index contributed by atoms with van der Waals surface area (Å²) in [5.41, 5.74) is 2.43. The van der Waals surface area contributed by atoms with Crippen molar-refractivity contribution in [3.63, 3.8) is 0 Å². The van der Waals surface area contributed by atoms with E-state index in [0.717, 1.165) is 11.1 Å². The van der Waals surface area contributed by atoms with E-state index in [1.54, 1.807) is 30.3 Å². The highest BCUT2D eigenvalue weighted by Crippen LogP contribution is 2.20. The molecule has 1 aromatic heterocycles. The summed E-state index contributed by atoms with van der Waals surface area (Å²) < 4.78 is 10.6. The molecule has 5 nitrogen and oxygen atoms in total. The molecular weight excluding hydrogens is 280 g/mol. The van der Waals surface area contributed by atoms with Crippen LogP contribution in [0.25, 0.3) is 11.5 Å². The van der Waals surface area contributed by atoms with E-state index in [1.807, 2.05) is 25.1 Å². The zero-order valence-corrected chi connectivity index (χ0v) is 12.0. The molecule has 0 spiro atoms. The molecule has 1 heterocycles. The molecule has 2 aromatic carbocycles. The van der Waals surface area contributed by atoms with E-state index < -0.39 is 0 Å². The Kier molecular flexibility index (Phi) is 3.96. The van der Waals surface area contributed by atoms with Crippen LogP contribution >= 0.6 is 0 Å². The van der Waals surface area contributed by atoms with Gasteiger partial charge in [-0.05, 0) is 36.8 Å². The van der Waals surface area contributed by atoms with Crippen LogP contribution in [0.3, 0.4) is 0 Å². The monoisotopic (exact) mass is 294 g/mol. The number of benzene rings is 2. The summed E-state index contributed by atoms with van der Waals surface area (Å²) in [4.78, 5) is 12.1. The fraction of sp³-hybridized carbons (Fsp3) is 0.118. The van der Waals surface area contributed by atoms with E-state index in [9.17, 15) is 4.79 Å². The highest BCUT2D eigenvalue weighted by atomic mass is 16.5. The van der Waals surface area contributed by atoms with Gasteiger partial charge >= 0.3 is 0 Å². The molecule has 0 amide bonds. The zero-order valence-electron chi connectivity index (χ0n) is 12.0. The normalized spacial score (nSPS) is 10.4. The number of hydrogen-bond acceptors (Lipinski definition) is 5. The summed E-state index contributed by atoms with van der Waals surface area (Å²) in [6.07, 6.45) is 1.28. The fourth-order valence-corrected chi connectivity index (χ4v) is 2.10. The van der Waals surface area contributed by atoms with Crippen molar-refractivity contribution < 1.29 is 13.9 Å². The summed E-state index contributed by atoms with van der Waals surface area (Å²) in [5.74, 6) is 1.02. The minimum absolute atomic E-state index is 0.00472. The molecule has 0 radical (unpaired) electrons. The Bertz CT molecular complexity index is 765. The minimum atomic E-state index is -0.0425. The maximum absolute atomic E-state index is 12.1. The van der Waals surface area contributed by atoms with Crippen molar-refractivity contribution in [1.29, 1.82) is 0 Å². The molecule has 0 saturated carbocycles. The summed E-state index contributed by atoms with van der Waals surface area (Å²) in [6, 6.07) is 14.6. The minimum Gasteiger partial charge on any atom is -0.485 e. The molecule has 0 unspecified atom stereocenters. The first kappa shape index (κ1) is 14.0. The van der Waals surface area contributed by atoms with Gasteiger partial charge in [0.1, 0.15) is 5.75 Å². The van der Waals surface area contributed by atoms with E-state index in [4.69, 9.17) is 9.15 Å². The number of aryl methyl sites for hydroxylation is 1. The van der Waals surface area contributed by atoms with Crippen molar-refractivity contribution in [3.8, 4) is 17.2 Å². The molecule has 0 N–H and O–H groups in total. The molecule has 0 aliphatic rings. The van der Waals surface area contributed by atoms with Crippen LogP contribution in [0.1, 0.15) is 15.9 Å². The molecule has 0 aliphatic heterocycles. The van der Waals surface area contributed by atoms with Gasteiger partial charge in [0.25, 0.3) is 0 Å². The predicted molar refractivity (Wildman–Crippen MR) is 80.7 cm³/mol. The smallest absolute Gasteiger partial charge is 0.247 e. The van der Waals surface area contributed by atoms with Gasteiger partial charge in [-0.3, -0.25) is 4.79 Å². The van der Waals surface area contributed by atoms with Crippen LogP contribution in [0.2, 0.25) is 0 Å². The number of carbonyl (C=O) groups is 1. The Morgan fingerprint density at radius 2 is 1.91 bits per heavy atom. The van der Waals surface area contributed by atoms with Crippen LogP contribution < -0.4 is 4.74 Å². The van der Waals surface area contributed by atoms with Gasteiger partial charge in [0.05, 0.1) is 0 Å². The lowest BCUT2D eigenvalue weighted by atomic mass is 10.1. The van der Waals surface area contributed by atoms with Gasteiger partial charge in [-0.15, -0.1) is 10.2 Å². The van der Waals surface area contributed by atoms with Gasteiger partial charge in [0.15, 0.2) is 12.4 Å². The van der Waals surface area contributed by atoms with E-state index in [-0.39, 0.29) is 12.4 Å². The lowest BCUT2D eigenvalue weighted by Gasteiger charge is -2.07. The third kappa shape index (κ3) is 3.03. The van der Waals surface area contributed by atoms with E-state index in [2.05, 4.69) is 10.2 Å². The third-order valence-electron chi connectivity index (χ3n) is 3.28. The molecule has 3 rings (SSSR count). The Balaban J connectivity index is 1.64. The molecule has 0 atom stereocenters. The first-order chi connectivity index (χ1) is 10.7. The van der Waals surface area contributed by atoms with Gasteiger partial charge in [0.2, 0.25) is 12.3 Å². The summed E-state index contributed by atoms with van der Waals surface area (Å²) in [5, 5.41) is 7.46. The standard InChI is InChI=1S/C17H14N2O3/c1-12-4-2-3-5-15(12)16(20)10-21-14-8-6-13(7-9-14)17-19-18-11-22-17/h2-9,11H,10H2,1H3. The summed E-state index contributed by atoms with van der Waals surface area (Å²) in [6.45, 7) is 1.91. The summed E-state index contributed by atoms with van der Waals surface area (Å²) in [7, 11) is 0. The average molecular weight is 294 g/mol. The lowest BCUT2D eigenvalue weighted by molar-refractivity contribution is 0.0921. The molecule has 0 bridgehead atoms. The van der Waals surface area contributed by atoms with Crippen molar-refractivity contribution in [1.82, 2.24) is 10.2 Å². The van der Waals surface area contributed by atoms with Crippen molar-refractivity contribution >= 4 is 5.78 Å². The predicted octanol–water partition coefficient (Wildman–Crippen LogP) is 3.31. The van der Waals surface area contributed by atoms with E-state index >= 15 is 0 Å². The number of ketones is 1. The van der Waals surface area contributed by atoms with Gasteiger partial charge in [0, 0.05) is 11.1 Å². The second-order valence-corrected chi connectivity index (χ2v) is 4.80. The molecular formula is C17H14N2O3. The van der Waals surface area contributed by atoms with Gasteiger partial charge in [-0.2, -0.15) is 0 Å². The number of ether oxygens (including phenoxy) is 1. The highest BCUT2D eigenvalue weighted by Gasteiger charge is 2.09. The second-order valence-electron chi connectivity index (χ2n) is 4.80. The number of rotatable bonds is 5. The maximum atomic E-state index is 12.1. The fourth-order valence-electron chi connectivity index (χ4n) is 2.10. The molecule has 0 aliphatic carbocycles. The van der Waals surface area contributed by atoms with Crippen molar-refractivity contribution in [3.05, 3.63) is 66.1 Å². The van der Waals surface area contributed by atoms with Crippen molar-refractivity contribution in [2.75, 3.05) is 6.61 Å². The number of carbonyl (C=O) groups excluding carboxylic acids is 1. The van der Waals surface area contributed by atoms with E-state index in [1.165, 1.54) is 6.39 Å². The first-order valence-electron chi connectivity index (χ1n) is 6.82. The second kappa shape index (κ2) is 6.22. The Labute approximate surface area is 127 Å². The number of aromatic nitrogens is 2. The van der Waals surface area contributed by atoms with Crippen LogP contribution in [-0.4, -0.2) is 22.6 Å². The molecule has 5 heteroatoms. The van der Waals surface area contributed by atoms with E-state index in [0.29, 0.717) is 17.2 Å². The van der Waals surface area contributed by atoms with Crippen molar-refractivity contribution in [2.45, 2.75) is 6.92 Å². The molecule has 3 aromatic rings. The largest absolute Gasteiger partial charge is 0.485 e. The molecule has 0 saturated heterocycles. The van der Waals surface area contributed by atoms with Crippen LogP contribution in [0.15, 0.2) is 59.3 Å². The molecule has 0 fully saturated rings. The van der Waals surface area contributed by atoms with Crippen LogP contribution in [-0.2, 0) is 0 Å². The molecule has 22 heavy (non-hydrogen) atoms. The quantitative estimate of drug-likeness (QED) is 0.675. The third-order valence-corrected chi connectivity index (χ3v) is 3.28. The number of hydrogen-bond donors (Lipinski definition) is 0. The number of nitrogens with zero attached hydrogens (tertiary/aromatic N) is 2. The maximum Gasteiger partial charge on any atom is 0.247 e. The molecule has 110 valence electrons. The topological polar surface area (TPSA) is 65.2 Å². The Morgan fingerprint density at radius 1 is 1.14 bits per heavy atom.